The van der Waals surface area contributed by atoms with Crippen LogP contribution in [0.3, 0.4) is 0 Å². The zero-order chi connectivity index (χ0) is 24.2. The van der Waals surface area contributed by atoms with Crippen LogP contribution >= 0.6 is 23.7 Å². The van der Waals surface area contributed by atoms with Gasteiger partial charge in [0.2, 0.25) is 0 Å². The van der Waals surface area contributed by atoms with Crippen molar-refractivity contribution in [2.45, 2.75) is 19.0 Å². The molecule has 6 rings (SSSR count). The molecule has 5 aromatic rings. The molecule has 1 fully saturated rings. The Morgan fingerprint density at radius 2 is 1.75 bits per heavy atom. The molecule has 0 unspecified atom stereocenters. The largest absolute Gasteiger partial charge is 0.488 e. The second-order valence-electron chi connectivity index (χ2n) is 8.58. The van der Waals surface area contributed by atoms with E-state index in [-0.39, 0.29) is 24.1 Å². The smallest absolute Gasteiger partial charge is 0.271 e. The summed E-state index contributed by atoms with van der Waals surface area (Å²) >= 11 is 1.32. The van der Waals surface area contributed by atoms with Crippen LogP contribution in [0.4, 0.5) is 13.2 Å². The van der Waals surface area contributed by atoms with Crippen molar-refractivity contribution in [3.63, 3.8) is 0 Å². The molecule has 3 heterocycles. The van der Waals surface area contributed by atoms with Crippen LogP contribution in [0.1, 0.15) is 12.5 Å². The first-order chi connectivity index (χ1) is 16.9. The Morgan fingerprint density at radius 1 is 1.00 bits per heavy atom. The number of alkyl halides is 2. The molecule has 5 nitrogen and oxygen atoms in total. The number of fused-ring (bicyclic) bond motifs is 3. The number of H-pyrrole nitrogens is 1. The highest BCUT2D eigenvalue weighted by Crippen LogP contribution is 2.50. The summed E-state index contributed by atoms with van der Waals surface area (Å²) in [5.41, 5.74) is 0.656. The minimum Gasteiger partial charge on any atom is -0.488 e. The molecule has 2 aromatic heterocycles. The minimum absolute atomic E-state index is 0. The van der Waals surface area contributed by atoms with Crippen LogP contribution in [0.2, 0.25) is 0 Å². The molecule has 10 heteroatoms. The SMILES string of the molecule is CC(F)(F)c1cc(F)ccc1-c1sc2c(ccc3[nH]ncc32)c1Oc1ccc(OC2CNC2)cc1.Cl. The molecule has 0 atom stereocenters. The quantitative estimate of drug-likeness (QED) is 0.242. The predicted octanol–water partition coefficient (Wildman–Crippen LogP) is 7.26. The number of nitrogens with zero attached hydrogens (tertiary/aromatic N) is 1. The van der Waals surface area contributed by atoms with E-state index < -0.39 is 17.3 Å². The van der Waals surface area contributed by atoms with Crippen molar-refractivity contribution in [2.24, 2.45) is 0 Å². The van der Waals surface area contributed by atoms with Gasteiger partial charge in [0.1, 0.15) is 23.4 Å². The van der Waals surface area contributed by atoms with Crippen LogP contribution in [0.25, 0.3) is 31.4 Å². The molecule has 0 radical (unpaired) electrons. The molecule has 0 bridgehead atoms. The van der Waals surface area contributed by atoms with Crippen LogP contribution < -0.4 is 14.8 Å². The number of hydrogen-bond acceptors (Lipinski definition) is 5. The lowest BCUT2D eigenvalue weighted by Gasteiger charge is -2.27. The first-order valence-corrected chi connectivity index (χ1v) is 11.9. The first kappa shape index (κ1) is 24.4. The van der Waals surface area contributed by atoms with Gasteiger partial charge in [-0.05, 0) is 48.5 Å². The Labute approximate surface area is 214 Å². The number of halogens is 4. The zero-order valence-corrected chi connectivity index (χ0v) is 20.6. The minimum atomic E-state index is -3.24. The third kappa shape index (κ3) is 4.38. The van der Waals surface area contributed by atoms with E-state index in [1.807, 2.05) is 24.3 Å². The van der Waals surface area contributed by atoms with Crippen molar-refractivity contribution >= 4 is 44.7 Å². The monoisotopic (exact) mass is 531 g/mol. The summed E-state index contributed by atoms with van der Waals surface area (Å²) < 4.78 is 56.1. The summed E-state index contributed by atoms with van der Waals surface area (Å²) in [5.74, 6) is -2.27. The van der Waals surface area contributed by atoms with Crippen molar-refractivity contribution in [2.75, 3.05) is 13.1 Å². The second-order valence-corrected chi connectivity index (χ2v) is 9.60. The van der Waals surface area contributed by atoms with Crippen molar-refractivity contribution in [1.82, 2.24) is 15.5 Å². The summed E-state index contributed by atoms with van der Waals surface area (Å²) in [5, 5.41) is 11.8. The number of hydrogen-bond donors (Lipinski definition) is 2. The predicted molar refractivity (Wildman–Crippen MR) is 137 cm³/mol. The van der Waals surface area contributed by atoms with Gasteiger partial charge in [0.25, 0.3) is 5.92 Å². The van der Waals surface area contributed by atoms with E-state index in [9.17, 15) is 13.2 Å². The van der Waals surface area contributed by atoms with Gasteiger partial charge in [0.05, 0.1) is 16.6 Å². The Balaban J connectivity index is 0.00000267. The van der Waals surface area contributed by atoms with Crippen LogP contribution in [-0.2, 0) is 5.92 Å². The fraction of sp³-hybridized carbons (Fsp3) is 0.192. The fourth-order valence-electron chi connectivity index (χ4n) is 4.15. The number of rotatable bonds is 6. The lowest BCUT2D eigenvalue weighted by atomic mass is 10.00. The third-order valence-electron chi connectivity index (χ3n) is 6.02. The van der Waals surface area contributed by atoms with Gasteiger partial charge in [-0.1, -0.05) is 6.07 Å². The Morgan fingerprint density at radius 3 is 2.44 bits per heavy atom. The van der Waals surface area contributed by atoms with E-state index in [1.165, 1.54) is 23.5 Å². The van der Waals surface area contributed by atoms with Gasteiger partial charge in [0.15, 0.2) is 5.75 Å². The molecule has 1 aliphatic rings. The Bertz CT molecular complexity index is 1540. The summed E-state index contributed by atoms with van der Waals surface area (Å²) in [6, 6.07) is 14.4. The summed E-state index contributed by atoms with van der Waals surface area (Å²) in [7, 11) is 0. The maximum atomic E-state index is 14.5. The molecular weight excluding hydrogens is 511 g/mol. The number of thiophene rings is 1. The number of ether oxygens (including phenoxy) is 2. The van der Waals surface area contributed by atoms with Crippen LogP contribution in [0.5, 0.6) is 17.2 Å². The van der Waals surface area contributed by atoms with E-state index >= 15 is 0 Å². The van der Waals surface area contributed by atoms with Crippen molar-refractivity contribution in [3.8, 4) is 27.7 Å². The molecule has 0 amide bonds. The van der Waals surface area contributed by atoms with E-state index in [0.29, 0.717) is 16.4 Å². The topological polar surface area (TPSA) is 59.2 Å². The summed E-state index contributed by atoms with van der Waals surface area (Å²) in [4.78, 5) is 0.492. The number of benzene rings is 3. The maximum absolute atomic E-state index is 14.5. The first-order valence-electron chi connectivity index (χ1n) is 11.1. The number of aromatic nitrogens is 2. The highest BCUT2D eigenvalue weighted by atomic mass is 35.5. The van der Waals surface area contributed by atoms with Gasteiger partial charge in [0, 0.05) is 46.6 Å². The molecule has 36 heavy (non-hydrogen) atoms. The molecule has 3 aromatic carbocycles. The van der Waals surface area contributed by atoms with E-state index in [2.05, 4.69) is 15.5 Å². The van der Waals surface area contributed by atoms with Crippen molar-refractivity contribution in [3.05, 3.63) is 72.2 Å². The normalized spacial score (nSPS) is 14.0. The molecule has 0 aliphatic carbocycles. The summed E-state index contributed by atoms with van der Waals surface area (Å²) in [6.45, 7) is 2.39. The highest BCUT2D eigenvalue weighted by Gasteiger charge is 2.31. The molecule has 1 saturated heterocycles. The molecular formula is C26H21ClF3N3O2S. The zero-order valence-electron chi connectivity index (χ0n) is 19.0. The van der Waals surface area contributed by atoms with Crippen molar-refractivity contribution < 1.29 is 22.6 Å². The van der Waals surface area contributed by atoms with Gasteiger partial charge in [-0.25, -0.2) is 13.2 Å². The van der Waals surface area contributed by atoms with Gasteiger partial charge in [-0.15, -0.1) is 23.7 Å². The molecule has 2 N–H and O–H groups in total. The highest BCUT2D eigenvalue weighted by molar-refractivity contribution is 7.23. The number of aromatic amines is 1. The van der Waals surface area contributed by atoms with Gasteiger partial charge >= 0.3 is 0 Å². The van der Waals surface area contributed by atoms with Gasteiger partial charge < -0.3 is 14.8 Å². The average Bonchev–Trinajstić information content (AvgIpc) is 3.41. The van der Waals surface area contributed by atoms with E-state index in [0.717, 1.165) is 52.8 Å². The van der Waals surface area contributed by atoms with Gasteiger partial charge in [-0.3, -0.25) is 5.10 Å². The average molecular weight is 532 g/mol. The number of nitrogens with one attached hydrogen (secondary N) is 2. The van der Waals surface area contributed by atoms with E-state index in [1.54, 1.807) is 18.3 Å². The lowest BCUT2D eigenvalue weighted by molar-refractivity contribution is 0.0178. The Hall–Kier alpha value is -3.27. The van der Waals surface area contributed by atoms with Crippen LogP contribution in [0.15, 0.2) is 60.8 Å². The molecule has 0 saturated carbocycles. The maximum Gasteiger partial charge on any atom is 0.271 e. The van der Waals surface area contributed by atoms with Crippen LogP contribution in [0, 0.1) is 5.82 Å². The molecule has 1 aliphatic heterocycles. The fourth-order valence-corrected chi connectivity index (χ4v) is 5.43. The summed E-state index contributed by atoms with van der Waals surface area (Å²) in [6.07, 6.45) is 1.85. The molecule has 186 valence electrons. The van der Waals surface area contributed by atoms with E-state index in [4.69, 9.17) is 9.47 Å². The lowest BCUT2D eigenvalue weighted by Crippen LogP contribution is -2.50. The standard InChI is InChI=1S/C26H20F3N3O2S.ClH/c1-26(28,29)21-10-14(27)2-7-18(21)25-23(19-8-9-22-20(13-31-32-22)24(19)35-25)34-16-5-3-15(4-6-16)33-17-11-30-12-17;/h2-10,13,17,30H,11-12H2,1H3,(H,31,32);1H. The second kappa shape index (κ2) is 9.31. The molecule has 0 spiro atoms. The van der Waals surface area contributed by atoms with Crippen molar-refractivity contribution in [1.29, 1.82) is 0 Å². The third-order valence-corrected chi connectivity index (χ3v) is 7.27. The van der Waals surface area contributed by atoms with Gasteiger partial charge in [-0.2, -0.15) is 5.10 Å². The van der Waals surface area contributed by atoms with Crippen LogP contribution in [-0.4, -0.2) is 29.4 Å². The Kier molecular flexibility index (Phi) is 6.32.